The molecule has 3 amide bonds. The second-order valence-corrected chi connectivity index (χ2v) is 7.09. The molecule has 0 atom stereocenters. The van der Waals surface area contributed by atoms with E-state index in [2.05, 4.69) is 20.6 Å². The van der Waals surface area contributed by atoms with Crippen molar-refractivity contribution >= 4 is 17.7 Å². The summed E-state index contributed by atoms with van der Waals surface area (Å²) in [5.41, 5.74) is 1.48. The van der Waals surface area contributed by atoms with Crippen molar-refractivity contribution in [3.63, 3.8) is 0 Å². The van der Waals surface area contributed by atoms with Crippen LogP contribution in [0, 0.1) is 0 Å². The summed E-state index contributed by atoms with van der Waals surface area (Å²) in [6, 6.07) is 16.4. The highest BCUT2D eigenvalue weighted by molar-refractivity contribution is 5.97. The van der Waals surface area contributed by atoms with Crippen LogP contribution in [0.25, 0.3) is 0 Å². The lowest BCUT2D eigenvalue weighted by Crippen LogP contribution is -2.30. The normalized spacial score (nSPS) is 11.7. The molecule has 170 valence electrons. The van der Waals surface area contributed by atoms with Gasteiger partial charge in [-0.15, -0.1) is 0 Å². The summed E-state index contributed by atoms with van der Waals surface area (Å²) in [5.74, 6) is -1.34. The van der Waals surface area contributed by atoms with Gasteiger partial charge < -0.3 is 15.5 Å². The number of aromatic nitrogens is 2. The molecule has 0 saturated heterocycles. The van der Waals surface area contributed by atoms with Crippen molar-refractivity contribution in [3.8, 4) is 0 Å². The first-order chi connectivity index (χ1) is 16.7. The Balaban J connectivity index is 1.62. The molecule has 33 heavy (non-hydrogen) atoms. The lowest BCUT2D eigenvalue weighted by atomic mass is 10.1. The van der Waals surface area contributed by atoms with E-state index >= 15 is 0 Å². The van der Waals surface area contributed by atoms with Crippen LogP contribution in [-0.2, 0) is 13.0 Å². The van der Waals surface area contributed by atoms with E-state index in [1.54, 1.807) is 59.5 Å². The first-order valence-electron chi connectivity index (χ1n) is 11.6. The molecule has 2 aromatic carbocycles. The number of carbonyl (C=O) groups is 3. The van der Waals surface area contributed by atoms with Gasteiger partial charge in [0.25, 0.3) is 17.7 Å². The molecular weight excluding hydrogens is 418 g/mol. The minimum atomic E-state index is -2.12. The van der Waals surface area contributed by atoms with E-state index in [4.69, 9.17) is 2.74 Å². The van der Waals surface area contributed by atoms with Gasteiger partial charge in [-0.3, -0.25) is 14.4 Å². The van der Waals surface area contributed by atoms with Gasteiger partial charge in [-0.2, -0.15) is 0 Å². The Morgan fingerprint density at radius 3 is 2.06 bits per heavy atom. The van der Waals surface area contributed by atoms with Crippen molar-refractivity contribution in [2.45, 2.75) is 26.9 Å². The van der Waals surface area contributed by atoms with E-state index in [0.717, 1.165) is 11.9 Å². The van der Waals surface area contributed by atoms with E-state index in [9.17, 15) is 14.4 Å². The number of carbonyl (C=O) groups excluding carboxylic acids is 3. The summed E-state index contributed by atoms with van der Waals surface area (Å²) < 4.78 is 16.2. The average Bonchev–Trinajstić information content (AvgIpc) is 2.88. The zero-order valence-corrected chi connectivity index (χ0v) is 18.5. The Bertz CT molecular complexity index is 1180. The van der Waals surface area contributed by atoms with Crippen molar-refractivity contribution in [3.05, 3.63) is 95.1 Å². The zero-order chi connectivity index (χ0) is 25.4. The zero-order valence-electron chi connectivity index (χ0n) is 20.5. The lowest BCUT2D eigenvalue weighted by molar-refractivity contribution is 0.0772. The number of hydrogen-bond donors (Lipinski definition) is 2. The summed E-state index contributed by atoms with van der Waals surface area (Å²) in [6.45, 7) is 3.18. The van der Waals surface area contributed by atoms with Gasteiger partial charge in [0.1, 0.15) is 17.7 Å². The van der Waals surface area contributed by atoms with Crippen molar-refractivity contribution in [2.24, 2.45) is 0 Å². The minimum absolute atomic E-state index is 0.0289. The molecule has 0 unspecified atom stereocenters. The molecule has 2 N–H and O–H groups in total. The van der Waals surface area contributed by atoms with E-state index in [0.29, 0.717) is 18.7 Å². The van der Waals surface area contributed by atoms with Crippen LogP contribution in [0.2, 0.25) is 0 Å². The van der Waals surface area contributed by atoms with Gasteiger partial charge in [-0.25, -0.2) is 9.97 Å². The van der Waals surface area contributed by atoms with Crippen LogP contribution < -0.4 is 10.6 Å². The van der Waals surface area contributed by atoms with Gasteiger partial charge in [-0.05, 0) is 37.1 Å². The van der Waals surface area contributed by atoms with Crippen LogP contribution in [0.3, 0.4) is 0 Å². The summed E-state index contributed by atoms with van der Waals surface area (Å²) in [6.07, 6.45) is 1.08. The molecule has 0 aliphatic heterocycles. The summed E-state index contributed by atoms with van der Waals surface area (Å²) >= 11 is 0. The Hall–Kier alpha value is -4.07. The van der Waals surface area contributed by atoms with Crippen molar-refractivity contribution < 1.29 is 17.1 Å². The molecule has 0 aliphatic rings. The van der Waals surface area contributed by atoms with Gasteiger partial charge in [0.15, 0.2) is 0 Å². The quantitative estimate of drug-likeness (QED) is 0.525. The van der Waals surface area contributed by atoms with E-state index < -0.39 is 18.3 Å². The molecule has 0 fully saturated rings. The first kappa shape index (κ1) is 20.8. The summed E-state index contributed by atoms with van der Waals surface area (Å²) in [7, 11) is 0. The van der Waals surface area contributed by atoms with E-state index in [1.165, 1.54) is 6.07 Å². The molecule has 0 radical (unpaired) electrons. The summed E-state index contributed by atoms with van der Waals surface area (Å²) in [4.78, 5) is 47.1. The Morgan fingerprint density at radius 1 is 0.848 bits per heavy atom. The Morgan fingerprint density at radius 2 is 1.45 bits per heavy atom. The highest BCUT2D eigenvalue weighted by atomic mass is 16.2. The molecule has 8 nitrogen and oxygen atoms in total. The first-order valence-corrected chi connectivity index (χ1v) is 10.6. The SMILES string of the molecule is [2H]C([2H])(NC(=O)c1cc(C(=O)NCc2ccc(C(=O)N(CC)CC)cc2)ncn1)c1ccccc1. The van der Waals surface area contributed by atoms with E-state index in [-0.39, 0.29) is 29.4 Å². The van der Waals surface area contributed by atoms with Crippen LogP contribution in [0.4, 0.5) is 0 Å². The number of nitrogens with zero attached hydrogens (tertiary/aromatic N) is 3. The smallest absolute Gasteiger partial charge is 0.270 e. The third kappa shape index (κ3) is 6.46. The van der Waals surface area contributed by atoms with Crippen LogP contribution in [-0.4, -0.2) is 45.7 Å². The average molecular weight is 448 g/mol. The fourth-order valence-corrected chi connectivity index (χ4v) is 3.05. The number of hydrogen-bond acceptors (Lipinski definition) is 5. The standard InChI is InChI=1S/C25H27N5O3/c1-3-30(4-2)25(33)20-12-10-19(11-13-20)16-27-24(32)22-14-21(28-17-29-22)23(31)26-15-18-8-6-5-7-9-18/h5-14,17H,3-4,15-16H2,1-2H3,(H,26,31)(H,27,32)/i15D2. The number of rotatable bonds is 9. The van der Waals surface area contributed by atoms with Crippen LogP contribution in [0.5, 0.6) is 0 Å². The van der Waals surface area contributed by atoms with Crippen LogP contribution >= 0.6 is 0 Å². The number of amides is 3. The highest BCUT2D eigenvalue weighted by Gasteiger charge is 2.14. The fourth-order valence-electron chi connectivity index (χ4n) is 3.05. The molecule has 0 spiro atoms. The maximum absolute atomic E-state index is 12.6. The number of nitrogens with one attached hydrogen (secondary N) is 2. The molecule has 0 saturated carbocycles. The molecule has 0 aliphatic carbocycles. The molecule has 1 heterocycles. The van der Waals surface area contributed by atoms with Crippen LogP contribution in [0.15, 0.2) is 67.0 Å². The predicted molar refractivity (Wildman–Crippen MR) is 125 cm³/mol. The molecule has 8 heteroatoms. The lowest BCUT2D eigenvalue weighted by Gasteiger charge is -2.18. The second kappa shape index (κ2) is 11.5. The maximum atomic E-state index is 12.6. The highest BCUT2D eigenvalue weighted by Crippen LogP contribution is 2.08. The van der Waals surface area contributed by atoms with E-state index in [1.807, 2.05) is 13.8 Å². The third-order valence-electron chi connectivity index (χ3n) is 4.93. The van der Waals surface area contributed by atoms with Gasteiger partial charge >= 0.3 is 0 Å². The number of benzene rings is 2. The monoisotopic (exact) mass is 447 g/mol. The van der Waals surface area contributed by atoms with Gasteiger partial charge in [0, 0.05) is 37.8 Å². The maximum Gasteiger partial charge on any atom is 0.270 e. The van der Waals surface area contributed by atoms with Gasteiger partial charge in [0.2, 0.25) is 0 Å². The van der Waals surface area contributed by atoms with Gasteiger partial charge in [-0.1, -0.05) is 42.5 Å². The summed E-state index contributed by atoms with van der Waals surface area (Å²) in [5, 5.41) is 5.00. The molecule has 3 rings (SSSR count). The minimum Gasteiger partial charge on any atom is -0.347 e. The second-order valence-electron chi connectivity index (χ2n) is 7.09. The molecule has 3 aromatic rings. The third-order valence-corrected chi connectivity index (χ3v) is 4.93. The Labute approximate surface area is 195 Å². The van der Waals surface area contributed by atoms with Crippen molar-refractivity contribution in [2.75, 3.05) is 13.1 Å². The molecular formula is C25H27N5O3. The van der Waals surface area contributed by atoms with Crippen LogP contribution in [0.1, 0.15) is 59.1 Å². The molecule has 0 bridgehead atoms. The predicted octanol–water partition coefficient (Wildman–Crippen LogP) is 2.82. The Kier molecular flexibility index (Phi) is 7.27. The topological polar surface area (TPSA) is 104 Å². The largest absolute Gasteiger partial charge is 0.347 e. The van der Waals surface area contributed by atoms with Crippen molar-refractivity contribution in [1.29, 1.82) is 0 Å². The molecule has 1 aromatic heterocycles. The van der Waals surface area contributed by atoms with Gasteiger partial charge in [0.05, 0.1) is 2.74 Å². The van der Waals surface area contributed by atoms with Crippen molar-refractivity contribution in [1.82, 2.24) is 25.5 Å². The fraction of sp³-hybridized carbons (Fsp3) is 0.240.